The lowest BCUT2D eigenvalue weighted by atomic mass is 10.1. The van der Waals surface area contributed by atoms with Crippen molar-refractivity contribution in [1.29, 1.82) is 0 Å². The molecule has 1 aliphatic heterocycles. The van der Waals surface area contributed by atoms with E-state index in [2.05, 4.69) is 10.6 Å². The minimum atomic E-state index is -2.41. The van der Waals surface area contributed by atoms with E-state index in [1.54, 1.807) is 64.4 Å². The molecule has 11 heteroatoms. The third-order valence-electron chi connectivity index (χ3n) is 7.68. The molecule has 3 aromatic carbocycles. The summed E-state index contributed by atoms with van der Waals surface area (Å²) in [5, 5.41) is 6.33. The number of halogens is 3. The first-order valence-electron chi connectivity index (χ1n) is 14.7. The maximum atomic E-state index is 14.1. The summed E-state index contributed by atoms with van der Waals surface area (Å²) in [7, 11) is 0. The van der Waals surface area contributed by atoms with Crippen LogP contribution in [0.5, 0.6) is 0 Å². The van der Waals surface area contributed by atoms with Crippen LogP contribution in [-0.2, 0) is 33.9 Å². The Morgan fingerprint density at radius 3 is 2.48 bits per heavy atom. The van der Waals surface area contributed by atoms with Gasteiger partial charge >= 0.3 is 5.97 Å². The number of hydrogen-bond donors (Lipinski definition) is 2. The number of amides is 2. The first-order chi connectivity index (χ1) is 21.3. The summed E-state index contributed by atoms with van der Waals surface area (Å²) in [4.78, 5) is 42.9. The predicted octanol–water partition coefficient (Wildman–Crippen LogP) is 4.59. The van der Waals surface area contributed by atoms with Crippen molar-refractivity contribution in [3.05, 3.63) is 100 Å². The van der Waals surface area contributed by atoms with Gasteiger partial charge in [0.05, 0.1) is 18.7 Å². The molecule has 8 nitrogen and oxygen atoms in total. The fraction of sp³-hybridized carbons (Fsp3) is 0.364. The average Bonchev–Trinajstić information content (AvgIpc) is 3.88. The molecule has 5 rings (SSSR count). The largest absolute Gasteiger partial charge is 0.457 e. The molecule has 1 saturated carbocycles. The third kappa shape index (κ3) is 8.19. The second-order valence-electron chi connectivity index (χ2n) is 11.0. The lowest BCUT2D eigenvalue weighted by Crippen LogP contribution is -2.61. The van der Waals surface area contributed by atoms with Crippen LogP contribution in [0.25, 0.3) is 0 Å². The molecule has 1 aliphatic carbocycles. The van der Waals surface area contributed by atoms with Crippen molar-refractivity contribution in [3.8, 4) is 0 Å². The predicted molar refractivity (Wildman–Crippen MR) is 164 cm³/mol. The van der Waals surface area contributed by atoms with Crippen LogP contribution < -0.4 is 15.5 Å². The zero-order chi connectivity index (χ0) is 31.1. The number of benzene rings is 3. The summed E-state index contributed by atoms with van der Waals surface area (Å²) < 4.78 is 30.3. The molecule has 0 radical (unpaired) electrons. The van der Waals surface area contributed by atoms with Crippen LogP contribution in [-0.4, -0.2) is 67.4 Å². The number of ether oxygens (including phenoxy) is 1. The maximum Gasteiger partial charge on any atom is 0.338 e. The Bertz CT molecular complexity index is 1450. The Kier molecular flexibility index (Phi) is 10.6. The number of rotatable bonds is 13. The monoisotopic (exact) mass is 624 g/mol. The van der Waals surface area contributed by atoms with Crippen LogP contribution in [0.4, 0.5) is 14.5 Å². The third-order valence-corrected chi connectivity index (χ3v) is 8.05. The second kappa shape index (κ2) is 14.7. The van der Waals surface area contributed by atoms with Gasteiger partial charge in [0.25, 0.3) is 6.43 Å². The van der Waals surface area contributed by atoms with E-state index in [-0.39, 0.29) is 44.1 Å². The molecule has 1 heterocycles. The van der Waals surface area contributed by atoms with E-state index in [1.165, 1.54) is 0 Å². The van der Waals surface area contributed by atoms with Crippen LogP contribution in [0.2, 0.25) is 5.02 Å². The van der Waals surface area contributed by atoms with Crippen molar-refractivity contribution >= 4 is 35.1 Å². The Morgan fingerprint density at radius 2 is 1.77 bits per heavy atom. The van der Waals surface area contributed by atoms with Crippen LogP contribution >= 0.6 is 11.6 Å². The number of anilines is 1. The van der Waals surface area contributed by atoms with Gasteiger partial charge in [0, 0.05) is 29.8 Å². The molecule has 2 aliphatic rings. The number of piperazine rings is 1. The molecule has 2 N–H and O–H groups in total. The van der Waals surface area contributed by atoms with Gasteiger partial charge in [-0.1, -0.05) is 54.1 Å². The summed E-state index contributed by atoms with van der Waals surface area (Å²) in [6.07, 6.45) is -0.127. The van der Waals surface area contributed by atoms with Gasteiger partial charge in [0.2, 0.25) is 11.8 Å². The first kappa shape index (κ1) is 31.6. The van der Waals surface area contributed by atoms with Gasteiger partial charge in [0.15, 0.2) is 0 Å². The highest BCUT2D eigenvalue weighted by Crippen LogP contribution is 2.32. The highest BCUT2D eigenvalue weighted by atomic mass is 35.5. The highest BCUT2D eigenvalue weighted by Gasteiger charge is 2.41. The minimum absolute atomic E-state index is 0.0514. The van der Waals surface area contributed by atoms with Gasteiger partial charge in [0.1, 0.15) is 12.6 Å². The van der Waals surface area contributed by atoms with E-state index in [9.17, 15) is 23.2 Å². The number of esters is 1. The lowest BCUT2D eigenvalue weighted by Gasteiger charge is -2.38. The molecule has 44 heavy (non-hydrogen) atoms. The number of alkyl halides is 2. The Morgan fingerprint density at radius 1 is 1.05 bits per heavy atom. The zero-order valence-electron chi connectivity index (χ0n) is 24.2. The van der Waals surface area contributed by atoms with Crippen molar-refractivity contribution < 1.29 is 27.9 Å². The molecule has 232 valence electrons. The number of nitrogens with one attached hydrogen (secondary N) is 2. The first-order valence-corrected chi connectivity index (χ1v) is 15.1. The minimum Gasteiger partial charge on any atom is -0.457 e. The topological polar surface area (TPSA) is 91.0 Å². The molecule has 0 unspecified atom stereocenters. The molecule has 0 bridgehead atoms. The fourth-order valence-corrected chi connectivity index (χ4v) is 5.42. The van der Waals surface area contributed by atoms with Crippen LogP contribution in [0.3, 0.4) is 0 Å². The standard InChI is InChI=1S/C33H35ClF2N4O4/c34-28-13-8-22(14-15-37-18-30(35)36)16-25(28)20-39(26-11-12-26)32(42)29-17-38-19-31(41)40(29)27-9-6-23(7-10-27)21-44-33(43)24-4-2-1-3-5-24/h1-10,13,16,26,29-30,37-38H,11-12,14-15,17-21H2/t29-/m1/s1. The summed E-state index contributed by atoms with van der Waals surface area (Å²) in [5.74, 6) is -0.814. The summed E-state index contributed by atoms with van der Waals surface area (Å²) in [6, 6.07) is 20.7. The van der Waals surface area contributed by atoms with E-state index < -0.39 is 18.4 Å². The Hall–Kier alpha value is -3.86. The van der Waals surface area contributed by atoms with Gasteiger partial charge in [-0.05, 0) is 72.8 Å². The van der Waals surface area contributed by atoms with Crippen molar-refractivity contribution in [2.75, 3.05) is 31.1 Å². The van der Waals surface area contributed by atoms with Gasteiger partial charge in [-0.25, -0.2) is 13.6 Å². The van der Waals surface area contributed by atoms with E-state index in [4.69, 9.17) is 16.3 Å². The molecular formula is C33H35ClF2N4O4. The summed E-state index contributed by atoms with van der Waals surface area (Å²) in [6.45, 7) is 0.800. The fourth-order valence-electron chi connectivity index (χ4n) is 5.24. The molecule has 1 atom stereocenters. The normalized spacial score (nSPS) is 16.7. The van der Waals surface area contributed by atoms with Crippen molar-refractivity contribution in [2.24, 2.45) is 0 Å². The number of nitrogens with zero attached hydrogens (tertiary/aromatic N) is 2. The van der Waals surface area contributed by atoms with Crippen LogP contribution in [0.1, 0.15) is 39.9 Å². The maximum absolute atomic E-state index is 14.1. The summed E-state index contributed by atoms with van der Waals surface area (Å²) >= 11 is 6.54. The molecule has 1 saturated heterocycles. The number of carbonyl (C=O) groups is 3. The van der Waals surface area contributed by atoms with Gasteiger partial charge < -0.3 is 20.3 Å². The molecule has 0 spiro atoms. The van der Waals surface area contributed by atoms with E-state index in [1.807, 2.05) is 18.2 Å². The van der Waals surface area contributed by atoms with E-state index in [0.717, 1.165) is 29.5 Å². The SMILES string of the molecule is O=C(OCc1ccc(N2C(=O)CNC[C@@H]2C(=O)N(Cc2cc(CCNCC(F)F)ccc2Cl)C2CC2)cc1)c1ccccc1. The molecule has 0 aromatic heterocycles. The van der Waals surface area contributed by atoms with E-state index in [0.29, 0.717) is 35.8 Å². The van der Waals surface area contributed by atoms with Crippen molar-refractivity contribution in [1.82, 2.24) is 15.5 Å². The lowest BCUT2D eigenvalue weighted by molar-refractivity contribution is -0.136. The molecule has 3 aromatic rings. The van der Waals surface area contributed by atoms with Gasteiger partial charge in [-0.3, -0.25) is 14.5 Å². The molecule has 2 amide bonds. The zero-order valence-corrected chi connectivity index (χ0v) is 24.9. The van der Waals surface area contributed by atoms with E-state index >= 15 is 0 Å². The smallest absolute Gasteiger partial charge is 0.338 e. The Balaban J connectivity index is 1.27. The van der Waals surface area contributed by atoms with Crippen LogP contribution in [0.15, 0.2) is 72.8 Å². The molecular weight excluding hydrogens is 590 g/mol. The second-order valence-corrected chi connectivity index (χ2v) is 11.4. The van der Waals surface area contributed by atoms with Gasteiger partial charge in [-0.15, -0.1) is 0 Å². The number of hydrogen-bond acceptors (Lipinski definition) is 6. The Labute approximate surface area is 260 Å². The van der Waals surface area contributed by atoms with Crippen LogP contribution in [0, 0.1) is 0 Å². The summed E-state index contributed by atoms with van der Waals surface area (Å²) in [5.41, 5.74) is 3.50. The number of carbonyl (C=O) groups excluding carboxylic acids is 3. The van der Waals surface area contributed by atoms with Crippen molar-refractivity contribution in [3.63, 3.8) is 0 Å². The molecule has 2 fully saturated rings. The van der Waals surface area contributed by atoms with Gasteiger partial charge in [-0.2, -0.15) is 0 Å². The average molecular weight is 625 g/mol. The highest BCUT2D eigenvalue weighted by molar-refractivity contribution is 6.31. The van der Waals surface area contributed by atoms with Crippen molar-refractivity contribution in [2.45, 2.75) is 50.9 Å². The quantitative estimate of drug-likeness (QED) is 0.214.